The number of hydrogen-bond acceptors (Lipinski definition) is 2. The van der Waals surface area contributed by atoms with Crippen LogP contribution in [0.4, 0.5) is 13.2 Å². The van der Waals surface area contributed by atoms with Gasteiger partial charge in [-0.1, -0.05) is 19.8 Å². The smallest absolute Gasteiger partial charge is 0.257 e. The van der Waals surface area contributed by atoms with E-state index < -0.39 is 28.9 Å². The number of halogens is 4. The Kier molecular flexibility index (Phi) is 8.25. The molecule has 3 N–H and O–H groups in total. The van der Waals surface area contributed by atoms with Crippen LogP contribution in [-0.4, -0.2) is 18.5 Å². The fraction of sp³-hybridized carbons (Fsp3) is 0.462. The minimum atomic E-state index is -1.22. The Morgan fingerprint density at radius 1 is 1.30 bits per heavy atom. The summed E-state index contributed by atoms with van der Waals surface area (Å²) in [6.07, 6.45) is 2.39. The first-order valence-corrected chi connectivity index (χ1v) is 6.15. The molecular formula is C13H18ClF3N2O. The van der Waals surface area contributed by atoms with Gasteiger partial charge in [0.25, 0.3) is 5.91 Å². The van der Waals surface area contributed by atoms with Crippen LogP contribution in [0.1, 0.15) is 36.5 Å². The van der Waals surface area contributed by atoms with Gasteiger partial charge < -0.3 is 11.1 Å². The Labute approximate surface area is 122 Å². The summed E-state index contributed by atoms with van der Waals surface area (Å²) in [6.45, 7) is 2.16. The van der Waals surface area contributed by atoms with Crippen molar-refractivity contribution >= 4 is 18.3 Å². The summed E-state index contributed by atoms with van der Waals surface area (Å²) in [7, 11) is 0. The van der Waals surface area contributed by atoms with Crippen LogP contribution in [-0.2, 0) is 0 Å². The predicted octanol–water partition coefficient (Wildman–Crippen LogP) is 2.77. The average molecular weight is 311 g/mol. The number of benzene rings is 1. The first kappa shape index (κ1) is 18.7. The first-order chi connectivity index (χ1) is 8.99. The van der Waals surface area contributed by atoms with E-state index in [0.29, 0.717) is 18.6 Å². The van der Waals surface area contributed by atoms with Gasteiger partial charge in [-0.3, -0.25) is 4.79 Å². The van der Waals surface area contributed by atoms with Crippen molar-refractivity contribution in [3.8, 4) is 0 Å². The minimum Gasteiger partial charge on any atom is -0.348 e. The predicted molar refractivity (Wildman–Crippen MR) is 73.4 cm³/mol. The molecule has 3 nitrogen and oxygen atoms in total. The Bertz CT molecular complexity index is 434. The van der Waals surface area contributed by atoms with Crippen molar-refractivity contribution < 1.29 is 18.0 Å². The van der Waals surface area contributed by atoms with E-state index in [2.05, 4.69) is 5.32 Å². The van der Waals surface area contributed by atoms with Crippen LogP contribution in [0.2, 0.25) is 0 Å². The topological polar surface area (TPSA) is 55.1 Å². The molecule has 1 rings (SSSR count). The number of nitrogens with two attached hydrogens (primary N) is 1. The van der Waals surface area contributed by atoms with Crippen molar-refractivity contribution in [2.24, 2.45) is 5.73 Å². The molecule has 1 atom stereocenters. The lowest BCUT2D eigenvalue weighted by Crippen LogP contribution is -2.40. The van der Waals surface area contributed by atoms with Crippen molar-refractivity contribution in [1.82, 2.24) is 5.32 Å². The third-order valence-corrected chi connectivity index (χ3v) is 2.76. The van der Waals surface area contributed by atoms with Crippen LogP contribution in [0.3, 0.4) is 0 Å². The van der Waals surface area contributed by atoms with Crippen molar-refractivity contribution in [2.45, 2.75) is 32.2 Å². The molecule has 1 aromatic carbocycles. The molecule has 0 fully saturated rings. The fourth-order valence-electron chi connectivity index (χ4n) is 1.72. The summed E-state index contributed by atoms with van der Waals surface area (Å²) in [5.41, 5.74) is 4.70. The van der Waals surface area contributed by atoms with E-state index >= 15 is 0 Å². The molecule has 1 amide bonds. The van der Waals surface area contributed by atoms with Crippen molar-refractivity contribution in [1.29, 1.82) is 0 Å². The standard InChI is InChI=1S/C13H17F3N2O.ClH/c1-2-3-4-9(7-17)18-13(19)12-10(15)5-8(14)6-11(12)16;/h5-6,9H,2-4,7,17H2,1H3,(H,18,19);1H. The maximum Gasteiger partial charge on any atom is 0.257 e. The maximum atomic E-state index is 13.4. The Morgan fingerprint density at radius 3 is 2.30 bits per heavy atom. The fourth-order valence-corrected chi connectivity index (χ4v) is 1.72. The van der Waals surface area contributed by atoms with Gasteiger partial charge in [-0.25, -0.2) is 13.2 Å². The molecule has 0 bridgehead atoms. The molecule has 0 saturated carbocycles. The molecule has 0 spiro atoms. The number of nitrogens with one attached hydrogen (secondary N) is 1. The molecular weight excluding hydrogens is 293 g/mol. The lowest BCUT2D eigenvalue weighted by molar-refractivity contribution is 0.0927. The molecule has 0 aliphatic carbocycles. The van der Waals surface area contributed by atoms with E-state index in [1.165, 1.54) is 0 Å². The van der Waals surface area contributed by atoms with Gasteiger partial charge in [-0.15, -0.1) is 12.4 Å². The summed E-state index contributed by atoms with van der Waals surface area (Å²) in [5.74, 6) is -4.42. The van der Waals surface area contributed by atoms with Crippen LogP contribution < -0.4 is 11.1 Å². The summed E-state index contributed by atoms with van der Waals surface area (Å²) in [5, 5.41) is 2.45. The second-order valence-corrected chi connectivity index (χ2v) is 4.29. The van der Waals surface area contributed by atoms with Gasteiger partial charge in [0, 0.05) is 24.7 Å². The molecule has 0 radical (unpaired) electrons. The van der Waals surface area contributed by atoms with Crippen molar-refractivity contribution in [3.05, 3.63) is 35.1 Å². The number of amides is 1. The molecule has 114 valence electrons. The molecule has 1 unspecified atom stereocenters. The number of carbonyl (C=O) groups excluding carboxylic acids is 1. The third-order valence-electron chi connectivity index (χ3n) is 2.76. The van der Waals surface area contributed by atoms with Gasteiger partial charge in [0.05, 0.1) is 0 Å². The maximum absolute atomic E-state index is 13.4. The van der Waals surface area contributed by atoms with E-state index in [4.69, 9.17) is 5.73 Å². The molecule has 0 heterocycles. The molecule has 0 saturated heterocycles. The highest BCUT2D eigenvalue weighted by atomic mass is 35.5. The number of hydrogen-bond donors (Lipinski definition) is 2. The number of carbonyl (C=O) groups is 1. The SMILES string of the molecule is CCCCC(CN)NC(=O)c1c(F)cc(F)cc1F.Cl. The van der Waals surface area contributed by atoms with Crippen LogP contribution in [0.5, 0.6) is 0 Å². The lowest BCUT2D eigenvalue weighted by atomic mass is 10.1. The van der Waals surface area contributed by atoms with Gasteiger partial charge in [0.2, 0.25) is 0 Å². The Morgan fingerprint density at radius 2 is 1.85 bits per heavy atom. The van der Waals surface area contributed by atoms with E-state index in [1.54, 1.807) is 0 Å². The van der Waals surface area contributed by atoms with Gasteiger partial charge >= 0.3 is 0 Å². The van der Waals surface area contributed by atoms with Crippen LogP contribution in [0.25, 0.3) is 0 Å². The second kappa shape index (κ2) is 8.81. The third kappa shape index (κ3) is 5.02. The highest BCUT2D eigenvalue weighted by molar-refractivity contribution is 5.94. The number of unbranched alkanes of at least 4 members (excludes halogenated alkanes) is 1. The van der Waals surface area contributed by atoms with Gasteiger partial charge in [-0.2, -0.15) is 0 Å². The largest absolute Gasteiger partial charge is 0.348 e. The molecule has 20 heavy (non-hydrogen) atoms. The van der Waals surface area contributed by atoms with Crippen LogP contribution in [0, 0.1) is 17.5 Å². The summed E-state index contributed by atoms with van der Waals surface area (Å²) < 4.78 is 39.5. The van der Waals surface area contributed by atoms with Crippen molar-refractivity contribution in [2.75, 3.05) is 6.54 Å². The van der Waals surface area contributed by atoms with Gasteiger partial charge in [0.15, 0.2) is 0 Å². The van der Waals surface area contributed by atoms with Crippen LogP contribution in [0.15, 0.2) is 12.1 Å². The quantitative estimate of drug-likeness (QED) is 0.849. The first-order valence-electron chi connectivity index (χ1n) is 6.15. The monoisotopic (exact) mass is 310 g/mol. The van der Waals surface area contributed by atoms with Crippen molar-refractivity contribution in [3.63, 3.8) is 0 Å². The zero-order valence-electron chi connectivity index (χ0n) is 11.1. The molecule has 0 aromatic heterocycles. The van der Waals surface area contributed by atoms with Crippen LogP contribution >= 0.6 is 12.4 Å². The molecule has 0 aliphatic heterocycles. The Hall–Kier alpha value is -1.27. The van der Waals surface area contributed by atoms with Gasteiger partial charge in [-0.05, 0) is 6.42 Å². The highest BCUT2D eigenvalue weighted by Gasteiger charge is 2.21. The summed E-state index contributed by atoms with van der Waals surface area (Å²) in [4.78, 5) is 11.8. The zero-order chi connectivity index (χ0) is 14.4. The van der Waals surface area contributed by atoms with Gasteiger partial charge in [0.1, 0.15) is 23.0 Å². The lowest BCUT2D eigenvalue weighted by Gasteiger charge is -2.17. The summed E-state index contributed by atoms with van der Waals surface area (Å²) >= 11 is 0. The van der Waals surface area contributed by atoms with E-state index in [9.17, 15) is 18.0 Å². The highest BCUT2D eigenvalue weighted by Crippen LogP contribution is 2.15. The average Bonchev–Trinajstić information content (AvgIpc) is 2.33. The van der Waals surface area contributed by atoms with E-state index in [1.807, 2.05) is 6.92 Å². The molecule has 1 aromatic rings. The normalized spacial score (nSPS) is 11.7. The Balaban J connectivity index is 0.00000361. The molecule has 0 aliphatic rings. The number of rotatable bonds is 6. The minimum absolute atomic E-state index is 0. The second-order valence-electron chi connectivity index (χ2n) is 4.29. The molecule has 7 heteroatoms. The zero-order valence-corrected chi connectivity index (χ0v) is 11.9. The summed E-state index contributed by atoms with van der Waals surface area (Å²) in [6, 6.07) is 0.597. The van der Waals surface area contributed by atoms with E-state index in [0.717, 1.165) is 12.8 Å². The van der Waals surface area contributed by atoms with E-state index in [-0.39, 0.29) is 25.0 Å².